The number of fused-ring (bicyclic) bond motifs is 1. The van der Waals surface area contributed by atoms with Crippen LogP contribution in [0, 0.1) is 5.92 Å². The number of nitrogens with two attached hydrogens (primary N) is 1. The van der Waals surface area contributed by atoms with Crippen molar-refractivity contribution >= 4 is 16.6 Å². The largest absolute Gasteiger partial charge is 0.380 e. The van der Waals surface area contributed by atoms with Crippen molar-refractivity contribution in [2.24, 2.45) is 11.7 Å². The highest BCUT2D eigenvalue weighted by atomic mass is 15.1. The maximum atomic E-state index is 5.81. The van der Waals surface area contributed by atoms with Crippen molar-refractivity contribution in [3.05, 3.63) is 24.4 Å². The molecule has 3 rings (SSSR count). The van der Waals surface area contributed by atoms with Crippen LogP contribution in [0.15, 0.2) is 24.4 Å². The van der Waals surface area contributed by atoms with Crippen molar-refractivity contribution in [2.45, 2.75) is 25.3 Å². The number of aromatic amines is 1. The van der Waals surface area contributed by atoms with Crippen LogP contribution in [0.5, 0.6) is 0 Å². The molecule has 2 unspecified atom stereocenters. The Labute approximate surface area is 101 Å². The molecule has 1 aliphatic rings. The van der Waals surface area contributed by atoms with E-state index < -0.39 is 0 Å². The summed E-state index contributed by atoms with van der Waals surface area (Å²) < 4.78 is 0. The maximum Gasteiger partial charge on any atom is 0.0881 e. The smallest absolute Gasteiger partial charge is 0.0881 e. The first kappa shape index (κ1) is 10.6. The Kier molecular flexibility index (Phi) is 2.73. The van der Waals surface area contributed by atoms with Crippen LogP contribution in [-0.2, 0) is 0 Å². The summed E-state index contributed by atoms with van der Waals surface area (Å²) in [7, 11) is 0. The van der Waals surface area contributed by atoms with E-state index in [2.05, 4.69) is 33.7 Å². The molecule has 0 aliphatic heterocycles. The van der Waals surface area contributed by atoms with Gasteiger partial charge in [0.25, 0.3) is 0 Å². The van der Waals surface area contributed by atoms with E-state index in [1.165, 1.54) is 19.3 Å². The van der Waals surface area contributed by atoms with E-state index in [0.29, 0.717) is 12.0 Å². The average Bonchev–Trinajstić information content (AvgIpc) is 2.97. The second-order valence-corrected chi connectivity index (χ2v) is 4.82. The highest BCUT2D eigenvalue weighted by Crippen LogP contribution is 2.30. The molecule has 2 aromatic rings. The van der Waals surface area contributed by atoms with Gasteiger partial charge in [0.15, 0.2) is 0 Å². The molecule has 4 nitrogen and oxygen atoms in total. The summed E-state index contributed by atoms with van der Waals surface area (Å²) in [5.74, 6) is 0.605. The van der Waals surface area contributed by atoms with Crippen LogP contribution in [0.25, 0.3) is 10.9 Å². The fourth-order valence-electron chi connectivity index (χ4n) is 2.80. The molecule has 17 heavy (non-hydrogen) atoms. The van der Waals surface area contributed by atoms with Gasteiger partial charge in [-0.3, -0.25) is 5.10 Å². The number of H-pyrrole nitrogens is 1. The lowest BCUT2D eigenvalue weighted by atomic mass is 10.0. The fourth-order valence-corrected chi connectivity index (χ4v) is 2.80. The molecule has 0 spiro atoms. The average molecular weight is 230 g/mol. The Hall–Kier alpha value is -1.55. The first-order chi connectivity index (χ1) is 8.38. The van der Waals surface area contributed by atoms with E-state index in [1.807, 2.05) is 6.20 Å². The minimum absolute atomic E-state index is 0.508. The Morgan fingerprint density at radius 2 is 2.35 bits per heavy atom. The van der Waals surface area contributed by atoms with Gasteiger partial charge in [0.2, 0.25) is 0 Å². The predicted molar refractivity (Wildman–Crippen MR) is 69.9 cm³/mol. The van der Waals surface area contributed by atoms with Crippen molar-refractivity contribution in [1.82, 2.24) is 10.2 Å². The molecule has 1 saturated carbocycles. The molecule has 4 heteroatoms. The van der Waals surface area contributed by atoms with Gasteiger partial charge in [0.05, 0.1) is 17.4 Å². The number of nitrogens with one attached hydrogen (secondary N) is 2. The summed E-state index contributed by atoms with van der Waals surface area (Å²) in [6.07, 6.45) is 5.59. The van der Waals surface area contributed by atoms with E-state index in [4.69, 9.17) is 5.73 Å². The summed E-state index contributed by atoms with van der Waals surface area (Å²) in [5, 5.41) is 11.9. The SMILES string of the molecule is NCC1CCCC1Nc1cccc2cn[nH]c12. The minimum Gasteiger partial charge on any atom is -0.380 e. The molecule has 4 N–H and O–H groups in total. The standard InChI is InChI=1S/C13H18N4/c14-7-9-3-1-5-11(9)16-12-6-2-4-10-8-15-17-13(10)12/h2,4,6,8-9,11,16H,1,3,5,7,14H2,(H,15,17). The van der Waals surface area contributed by atoms with Crippen LogP contribution in [0.2, 0.25) is 0 Å². The normalized spacial score (nSPS) is 24.3. The van der Waals surface area contributed by atoms with E-state index in [-0.39, 0.29) is 0 Å². The van der Waals surface area contributed by atoms with Crippen molar-refractivity contribution in [3.63, 3.8) is 0 Å². The van der Waals surface area contributed by atoms with Crippen LogP contribution in [-0.4, -0.2) is 22.8 Å². The van der Waals surface area contributed by atoms with Crippen LogP contribution in [0.4, 0.5) is 5.69 Å². The second-order valence-electron chi connectivity index (χ2n) is 4.82. The van der Waals surface area contributed by atoms with E-state index in [0.717, 1.165) is 23.1 Å². The number of anilines is 1. The van der Waals surface area contributed by atoms with Gasteiger partial charge in [0.1, 0.15) is 0 Å². The molecule has 0 saturated heterocycles. The van der Waals surface area contributed by atoms with Gasteiger partial charge in [-0.15, -0.1) is 0 Å². The number of rotatable bonds is 3. The third-order valence-corrected chi connectivity index (χ3v) is 3.78. The van der Waals surface area contributed by atoms with Gasteiger partial charge in [0, 0.05) is 11.4 Å². The Balaban J connectivity index is 1.87. The van der Waals surface area contributed by atoms with Gasteiger partial charge in [-0.1, -0.05) is 18.6 Å². The topological polar surface area (TPSA) is 66.7 Å². The zero-order chi connectivity index (χ0) is 11.7. The molecule has 1 aromatic heterocycles. The van der Waals surface area contributed by atoms with Crippen LogP contribution < -0.4 is 11.1 Å². The molecule has 0 bridgehead atoms. The highest BCUT2D eigenvalue weighted by molar-refractivity contribution is 5.90. The zero-order valence-electron chi connectivity index (χ0n) is 9.82. The van der Waals surface area contributed by atoms with Crippen molar-refractivity contribution in [1.29, 1.82) is 0 Å². The van der Waals surface area contributed by atoms with Gasteiger partial charge in [-0.2, -0.15) is 5.10 Å². The monoisotopic (exact) mass is 230 g/mol. The summed E-state index contributed by atoms with van der Waals surface area (Å²) in [4.78, 5) is 0. The molecule has 0 radical (unpaired) electrons. The number of nitrogens with zero attached hydrogens (tertiary/aromatic N) is 1. The third-order valence-electron chi connectivity index (χ3n) is 3.78. The summed E-state index contributed by atoms with van der Waals surface area (Å²) in [6.45, 7) is 0.774. The van der Waals surface area contributed by atoms with Crippen molar-refractivity contribution < 1.29 is 0 Å². The first-order valence-electron chi connectivity index (χ1n) is 6.27. The Morgan fingerprint density at radius 1 is 1.41 bits per heavy atom. The number of aromatic nitrogens is 2. The lowest BCUT2D eigenvalue weighted by Crippen LogP contribution is -2.29. The quantitative estimate of drug-likeness (QED) is 0.756. The molecule has 1 aromatic carbocycles. The summed E-state index contributed by atoms with van der Waals surface area (Å²) in [5.41, 5.74) is 8.05. The van der Waals surface area contributed by atoms with Gasteiger partial charge in [-0.05, 0) is 31.4 Å². The van der Waals surface area contributed by atoms with Crippen molar-refractivity contribution in [3.8, 4) is 0 Å². The van der Waals surface area contributed by atoms with E-state index >= 15 is 0 Å². The Bertz CT molecular complexity index is 505. The molecule has 1 aliphatic carbocycles. The molecule has 0 amide bonds. The zero-order valence-corrected chi connectivity index (χ0v) is 9.82. The van der Waals surface area contributed by atoms with E-state index in [9.17, 15) is 0 Å². The minimum atomic E-state index is 0.508. The van der Waals surface area contributed by atoms with Gasteiger partial charge in [-0.25, -0.2) is 0 Å². The summed E-state index contributed by atoms with van der Waals surface area (Å²) in [6, 6.07) is 6.74. The number of para-hydroxylation sites is 1. The third kappa shape index (κ3) is 1.89. The van der Waals surface area contributed by atoms with Crippen LogP contribution in [0.3, 0.4) is 0 Å². The first-order valence-corrected chi connectivity index (χ1v) is 6.27. The molecule has 90 valence electrons. The lowest BCUT2D eigenvalue weighted by Gasteiger charge is -2.21. The number of hydrogen-bond donors (Lipinski definition) is 3. The lowest BCUT2D eigenvalue weighted by molar-refractivity contribution is 0.517. The maximum absolute atomic E-state index is 5.81. The predicted octanol–water partition coefficient (Wildman–Crippen LogP) is 2.10. The fraction of sp³-hybridized carbons (Fsp3) is 0.462. The molecule has 1 heterocycles. The molecule has 1 fully saturated rings. The summed E-state index contributed by atoms with van der Waals surface area (Å²) >= 11 is 0. The highest BCUT2D eigenvalue weighted by Gasteiger charge is 2.26. The van der Waals surface area contributed by atoms with Gasteiger partial charge < -0.3 is 11.1 Å². The van der Waals surface area contributed by atoms with Crippen molar-refractivity contribution in [2.75, 3.05) is 11.9 Å². The molecule has 2 atom stereocenters. The van der Waals surface area contributed by atoms with Crippen LogP contribution >= 0.6 is 0 Å². The van der Waals surface area contributed by atoms with Crippen LogP contribution in [0.1, 0.15) is 19.3 Å². The second kappa shape index (κ2) is 4.37. The molecular formula is C13H18N4. The number of benzene rings is 1. The van der Waals surface area contributed by atoms with E-state index in [1.54, 1.807) is 0 Å². The Morgan fingerprint density at radius 3 is 3.24 bits per heavy atom. The number of hydrogen-bond acceptors (Lipinski definition) is 3. The molecular weight excluding hydrogens is 212 g/mol. The van der Waals surface area contributed by atoms with Gasteiger partial charge >= 0.3 is 0 Å².